The van der Waals surface area contributed by atoms with Gasteiger partial charge in [-0.2, -0.15) is 0 Å². The smallest absolute Gasteiger partial charge is 0.338 e. The first-order valence-electron chi connectivity index (χ1n) is 12.8. The minimum absolute atomic E-state index is 0.193. The van der Waals surface area contributed by atoms with Crippen LogP contribution in [0.5, 0.6) is 0 Å². The molecule has 3 aromatic carbocycles. The second kappa shape index (κ2) is 10.4. The number of hydrogen-bond acceptors (Lipinski definition) is 6. The highest BCUT2D eigenvalue weighted by molar-refractivity contribution is 7.07. The second-order valence-corrected chi connectivity index (χ2v) is 10.8. The summed E-state index contributed by atoms with van der Waals surface area (Å²) in [6.45, 7) is 3.93. The standard InChI is InChI=1S/C31H24ClN3O4S/c1-3-39-30(38)24-18(2)33-31-35(26(24)19-11-5-4-6-12-19)29(37)27(40-31)25-21-14-8-10-16-23(21)34(28(25)36)17-20-13-7-9-15-22(20)32/h4-16,26H,3,17H2,1-2H3/b27-25+/t26-/m1/s1. The van der Waals surface area contributed by atoms with Gasteiger partial charge in [0.1, 0.15) is 4.53 Å². The number of nitrogens with zero attached hydrogens (tertiary/aromatic N) is 3. The van der Waals surface area contributed by atoms with Crippen molar-refractivity contribution in [3.05, 3.63) is 132 Å². The average molecular weight is 570 g/mol. The molecule has 0 saturated heterocycles. The highest BCUT2D eigenvalue weighted by atomic mass is 35.5. The Hall–Kier alpha value is -4.27. The molecule has 0 fully saturated rings. The molecular formula is C31H24ClN3O4S. The number of aromatic nitrogens is 1. The van der Waals surface area contributed by atoms with Gasteiger partial charge in [-0.05, 0) is 37.1 Å². The van der Waals surface area contributed by atoms with E-state index in [0.29, 0.717) is 37.9 Å². The zero-order valence-corrected chi connectivity index (χ0v) is 23.3. The number of hydrogen-bond donors (Lipinski definition) is 0. The highest BCUT2D eigenvalue weighted by Crippen LogP contribution is 2.37. The van der Waals surface area contributed by atoms with Gasteiger partial charge in [0.2, 0.25) is 0 Å². The predicted octanol–water partition coefficient (Wildman–Crippen LogP) is 4.37. The van der Waals surface area contributed by atoms with Crippen LogP contribution in [-0.2, 0) is 20.9 Å². The molecule has 3 heterocycles. The van der Waals surface area contributed by atoms with Gasteiger partial charge in [-0.15, -0.1) is 0 Å². The number of halogens is 1. The van der Waals surface area contributed by atoms with E-state index in [9.17, 15) is 14.4 Å². The van der Waals surface area contributed by atoms with E-state index in [1.54, 1.807) is 24.8 Å². The normalized spacial score (nSPS) is 17.4. The number of benzene rings is 3. The van der Waals surface area contributed by atoms with Crippen molar-refractivity contribution >= 4 is 46.1 Å². The van der Waals surface area contributed by atoms with Gasteiger partial charge < -0.3 is 9.64 Å². The molecule has 0 unspecified atom stereocenters. The zero-order chi connectivity index (χ0) is 28.0. The number of ether oxygens (including phenoxy) is 1. The molecule has 1 atom stereocenters. The summed E-state index contributed by atoms with van der Waals surface area (Å²) in [5.74, 6) is -0.812. The van der Waals surface area contributed by atoms with Crippen molar-refractivity contribution < 1.29 is 14.3 Å². The fraction of sp³-hybridized carbons (Fsp3) is 0.161. The average Bonchev–Trinajstić information content (AvgIpc) is 3.42. The number of rotatable bonds is 5. The van der Waals surface area contributed by atoms with E-state index in [1.165, 1.54) is 4.57 Å². The molecule has 0 N–H and O–H groups in total. The summed E-state index contributed by atoms with van der Waals surface area (Å²) in [4.78, 5) is 48.0. The monoisotopic (exact) mass is 569 g/mol. The molecule has 0 aliphatic carbocycles. The van der Waals surface area contributed by atoms with Crippen LogP contribution in [0.4, 0.5) is 5.69 Å². The van der Waals surface area contributed by atoms with Gasteiger partial charge >= 0.3 is 5.97 Å². The minimum Gasteiger partial charge on any atom is -0.463 e. The number of fused-ring (bicyclic) bond motifs is 2. The molecule has 6 rings (SSSR count). The molecule has 7 nitrogen and oxygen atoms in total. The lowest BCUT2D eigenvalue weighted by Crippen LogP contribution is -2.41. The Kier molecular flexibility index (Phi) is 6.73. The van der Waals surface area contributed by atoms with E-state index >= 15 is 0 Å². The van der Waals surface area contributed by atoms with E-state index in [0.717, 1.165) is 22.5 Å². The number of esters is 1. The van der Waals surface area contributed by atoms with E-state index in [4.69, 9.17) is 16.3 Å². The van der Waals surface area contributed by atoms with Gasteiger partial charge in [-0.25, -0.2) is 9.79 Å². The van der Waals surface area contributed by atoms with E-state index < -0.39 is 12.0 Å². The largest absolute Gasteiger partial charge is 0.463 e. The third-order valence-corrected chi connectivity index (χ3v) is 8.47. The van der Waals surface area contributed by atoms with Crippen molar-refractivity contribution in [1.82, 2.24) is 4.57 Å². The Balaban J connectivity index is 1.58. The van der Waals surface area contributed by atoms with Crippen molar-refractivity contribution in [3.8, 4) is 0 Å². The first-order valence-corrected chi connectivity index (χ1v) is 14.0. The van der Waals surface area contributed by atoms with Crippen molar-refractivity contribution in [3.63, 3.8) is 0 Å². The quantitative estimate of drug-likeness (QED) is 0.334. The molecule has 0 radical (unpaired) electrons. The maximum Gasteiger partial charge on any atom is 0.338 e. The summed E-state index contributed by atoms with van der Waals surface area (Å²) >= 11 is 7.58. The lowest BCUT2D eigenvalue weighted by Gasteiger charge is -2.24. The van der Waals surface area contributed by atoms with Crippen LogP contribution < -0.4 is 19.8 Å². The van der Waals surface area contributed by atoms with Gasteiger partial charge in [-0.1, -0.05) is 89.7 Å². The fourth-order valence-corrected chi connectivity index (χ4v) is 6.58. The van der Waals surface area contributed by atoms with Crippen LogP contribution in [0.15, 0.2) is 99.9 Å². The van der Waals surface area contributed by atoms with E-state index in [1.807, 2.05) is 72.8 Å². The second-order valence-electron chi connectivity index (χ2n) is 9.41. The highest BCUT2D eigenvalue weighted by Gasteiger charge is 2.37. The molecule has 2 aliphatic rings. The van der Waals surface area contributed by atoms with E-state index in [-0.39, 0.29) is 29.2 Å². The Morgan fingerprint density at radius 2 is 1.70 bits per heavy atom. The number of amides is 1. The van der Waals surface area contributed by atoms with Gasteiger partial charge in [0.25, 0.3) is 11.5 Å². The Morgan fingerprint density at radius 3 is 2.45 bits per heavy atom. The summed E-state index contributed by atoms with van der Waals surface area (Å²) in [6.07, 6.45) is 0. The van der Waals surface area contributed by atoms with Crippen LogP contribution >= 0.6 is 22.9 Å². The molecule has 0 saturated carbocycles. The molecule has 200 valence electrons. The molecule has 1 aromatic heterocycles. The first-order chi connectivity index (χ1) is 19.4. The Labute approximate surface area is 238 Å². The Bertz CT molecular complexity index is 1890. The fourth-order valence-electron chi connectivity index (χ4n) is 5.25. The summed E-state index contributed by atoms with van der Waals surface area (Å²) < 4.78 is 7.15. The summed E-state index contributed by atoms with van der Waals surface area (Å²) in [7, 11) is 0. The summed E-state index contributed by atoms with van der Waals surface area (Å²) in [6, 6.07) is 23.4. The minimum atomic E-state index is -0.739. The molecule has 0 bridgehead atoms. The van der Waals surface area contributed by atoms with Crippen LogP contribution in [-0.4, -0.2) is 23.1 Å². The number of thiazole rings is 1. The van der Waals surface area contributed by atoms with Crippen molar-refractivity contribution in [2.45, 2.75) is 26.4 Å². The number of allylic oxidation sites excluding steroid dienone is 1. The lowest BCUT2D eigenvalue weighted by atomic mass is 9.96. The number of para-hydroxylation sites is 1. The molecular weight excluding hydrogens is 546 g/mol. The van der Waals surface area contributed by atoms with Crippen LogP contribution in [0, 0.1) is 0 Å². The third-order valence-electron chi connectivity index (χ3n) is 7.04. The van der Waals surface area contributed by atoms with Gasteiger partial charge in [0.05, 0.1) is 41.7 Å². The number of anilines is 1. The predicted molar refractivity (Wildman–Crippen MR) is 155 cm³/mol. The van der Waals surface area contributed by atoms with Crippen LogP contribution in [0.3, 0.4) is 0 Å². The Morgan fingerprint density at radius 1 is 1.00 bits per heavy atom. The molecule has 0 spiro atoms. The maximum absolute atomic E-state index is 14.2. The van der Waals surface area contributed by atoms with Crippen LogP contribution in [0.25, 0.3) is 5.57 Å². The first kappa shape index (κ1) is 26.0. The van der Waals surface area contributed by atoms with Gasteiger partial charge in [0, 0.05) is 10.6 Å². The van der Waals surface area contributed by atoms with Crippen molar-refractivity contribution in [1.29, 1.82) is 0 Å². The van der Waals surface area contributed by atoms with Crippen LogP contribution in [0.2, 0.25) is 5.02 Å². The maximum atomic E-state index is 14.2. The third kappa shape index (κ3) is 4.20. The number of carbonyl (C=O) groups excluding carboxylic acids is 2. The summed E-state index contributed by atoms with van der Waals surface area (Å²) in [5, 5.41) is 0.561. The van der Waals surface area contributed by atoms with E-state index in [2.05, 4.69) is 4.99 Å². The zero-order valence-electron chi connectivity index (χ0n) is 21.8. The van der Waals surface area contributed by atoms with Crippen LogP contribution in [0.1, 0.15) is 36.6 Å². The topological polar surface area (TPSA) is 81.0 Å². The molecule has 9 heteroatoms. The molecule has 1 amide bonds. The lowest BCUT2D eigenvalue weighted by molar-refractivity contribution is -0.139. The molecule has 40 heavy (non-hydrogen) atoms. The van der Waals surface area contributed by atoms with Crippen molar-refractivity contribution in [2.24, 2.45) is 4.99 Å². The van der Waals surface area contributed by atoms with Gasteiger partial charge in [-0.3, -0.25) is 14.2 Å². The summed E-state index contributed by atoms with van der Waals surface area (Å²) in [5.41, 5.74) is 3.63. The molecule has 4 aromatic rings. The van der Waals surface area contributed by atoms with Gasteiger partial charge in [0.15, 0.2) is 4.80 Å². The van der Waals surface area contributed by atoms with Crippen molar-refractivity contribution in [2.75, 3.05) is 11.5 Å². The SMILES string of the molecule is CCOC(=O)C1=C(C)N=c2s/c(=C3/C(=O)N(Cc4ccccc4Cl)c4ccccc43)c(=O)n2[C@@H]1c1ccccc1. The molecule has 2 aliphatic heterocycles. The number of carbonyl (C=O) groups is 2.